The third-order valence-electron chi connectivity index (χ3n) is 3.30. The maximum Gasteiger partial charge on any atom is 0.228 e. The van der Waals surface area contributed by atoms with Crippen LogP contribution >= 0.6 is 0 Å². The predicted molar refractivity (Wildman–Crippen MR) is 79.6 cm³/mol. The molecule has 0 radical (unpaired) electrons. The molecule has 0 bridgehead atoms. The number of hydrogen-bond donors (Lipinski definition) is 3. The number of primary amides is 2. The molecule has 0 saturated heterocycles. The summed E-state index contributed by atoms with van der Waals surface area (Å²) >= 11 is 0. The van der Waals surface area contributed by atoms with Crippen molar-refractivity contribution in [2.24, 2.45) is 16.9 Å². The molecule has 0 saturated carbocycles. The number of allylic oxidation sites excluding steroid dienone is 1. The molecule has 2 amide bonds. The Hall–Kier alpha value is -1.36. The molecular weight excluding hydrogens is 256 g/mol. The van der Waals surface area contributed by atoms with E-state index < -0.39 is 23.3 Å². The lowest BCUT2D eigenvalue weighted by Gasteiger charge is -2.27. The Morgan fingerprint density at radius 2 is 1.90 bits per heavy atom. The van der Waals surface area contributed by atoms with Crippen LogP contribution in [0.4, 0.5) is 0 Å². The molecule has 5 N–H and O–H groups in total. The van der Waals surface area contributed by atoms with E-state index in [1.54, 1.807) is 13.0 Å². The fourth-order valence-electron chi connectivity index (χ4n) is 2.30. The van der Waals surface area contributed by atoms with E-state index in [-0.39, 0.29) is 12.8 Å². The lowest BCUT2D eigenvalue weighted by molar-refractivity contribution is -0.131. The highest BCUT2D eigenvalue weighted by molar-refractivity contribution is 5.89. The van der Waals surface area contributed by atoms with Gasteiger partial charge in [-0.3, -0.25) is 9.59 Å². The highest BCUT2D eigenvalue weighted by Gasteiger charge is 2.36. The van der Waals surface area contributed by atoms with Crippen molar-refractivity contribution in [3.63, 3.8) is 0 Å². The monoisotopic (exact) mass is 284 g/mol. The predicted octanol–water partition coefficient (Wildman–Crippen LogP) is 1.63. The maximum atomic E-state index is 11.7. The molecule has 2 unspecified atom stereocenters. The van der Waals surface area contributed by atoms with Crippen LogP contribution in [0.5, 0.6) is 0 Å². The van der Waals surface area contributed by atoms with Crippen LogP contribution in [-0.4, -0.2) is 23.0 Å². The van der Waals surface area contributed by atoms with Gasteiger partial charge < -0.3 is 16.6 Å². The minimum Gasteiger partial charge on any atom is -0.393 e. The summed E-state index contributed by atoms with van der Waals surface area (Å²) in [5.74, 6) is -1.22. The van der Waals surface area contributed by atoms with E-state index >= 15 is 0 Å². The second-order valence-corrected chi connectivity index (χ2v) is 5.47. The summed E-state index contributed by atoms with van der Waals surface area (Å²) in [4.78, 5) is 22.9. The van der Waals surface area contributed by atoms with Crippen LogP contribution in [0.2, 0.25) is 0 Å². The summed E-state index contributed by atoms with van der Waals surface area (Å²) in [6.07, 6.45) is 8.07. The van der Waals surface area contributed by atoms with Gasteiger partial charge in [-0.25, -0.2) is 0 Å². The molecule has 0 aliphatic rings. The molecule has 5 nitrogen and oxygen atoms in total. The van der Waals surface area contributed by atoms with Gasteiger partial charge in [0.05, 0.1) is 11.5 Å². The van der Waals surface area contributed by atoms with Crippen molar-refractivity contribution in [3.8, 4) is 0 Å². The topological polar surface area (TPSA) is 106 Å². The number of nitrogens with two attached hydrogens (primary N) is 2. The Bertz CT molecular complexity index is 340. The maximum absolute atomic E-state index is 11.7. The number of hydrogen-bond acceptors (Lipinski definition) is 3. The van der Waals surface area contributed by atoms with Crippen LogP contribution in [-0.2, 0) is 9.59 Å². The van der Waals surface area contributed by atoms with E-state index in [1.165, 1.54) is 12.8 Å². The Morgan fingerprint density at radius 3 is 2.35 bits per heavy atom. The van der Waals surface area contributed by atoms with Crippen molar-refractivity contribution in [2.75, 3.05) is 0 Å². The van der Waals surface area contributed by atoms with Gasteiger partial charge in [-0.05, 0) is 26.2 Å². The molecule has 0 aromatic carbocycles. The van der Waals surface area contributed by atoms with Gasteiger partial charge in [0.25, 0.3) is 0 Å². The van der Waals surface area contributed by atoms with Crippen LogP contribution in [0.25, 0.3) is 0 Å². The van der Waals surface area contributed by atoms with Crippen LogP contribution in [0.1, 0.15) is 58.8 Å². The molecule has 0 spiro atoms. The molecular formula is C15H28N2O3. The van der Waals surface area contributed by atoms with Crippen molar-refractivity contribution < 1.29 is 14.7 Å². The van der Waals surface area contributed by atoms with Gasteiger partial charge >= 0.3 is 0 Å². The third-order valence-corrected chi connectivity index (χ3v) is 3.30. The second kappa shape index (κ2) is 9.53. The van der Waals surface area contributed by atoms with Gasteiger partial charge in [0.15, 0.2) is 0 Å². The van der Waals surface area contributed by atoms with Crippen molar-refractivity contribution in [3.05, 3.63) is 12.2 Å². The first-order chi connectivity index (χ1) is 9.34. The summed E-state index contributed by atoms with van der Waals surface area (Å²) in [5.41, 5.74) is 9.45. The number of amides is 2. The molecule has 0 rings (SSSR count). The Kier molecular flexibility index (Phi) is 8.88. The van der Waals surface area contributed by atoms with E-state index in [4.69, 9.17) is 11.5 Å². The van der Waals surface area contributed by atoms with Crippen molar-refractivity contribution in [1.82, 2.24) is 0 Å². The van der Waals surface area contributed by atoms with Crippen LogP contribution < -0.4 is 11.5 Å². The minimum absolute atomic E-state index is 0.108. The van der Waals surface area contributed by atoms with E-state index in [1.807, 2.05) is 6.08 Å². The molecule has 0 fully saturated rings. The normalized spacial score (nSPS) is 15.9. The average Bonchev–Trinajstić information content (AvgIpc) is 2.31. The standard InChI is InChI=1S/C15H28N2O3/c1-3-4-5-6-7-8-9-15(14(17)20,10-12(2)18)11-13(16)19/h8-9,12,18H,3-7,10-11H2,1-2H3,(H2,16,19)(H2,17,20). The molecule has 5 heteroatoms. The zero-order valence-corrected chi connectivity index (χ0v) is 12.6. The zero-order chi connectivity index (χ0) is 15.6. The van der Waals surface area contributed by atoms with E-state index in [0.29, 0.717) is 0 Å². The first-order valence-corrected chi connectivity index (χ1v) is 7.28. The number of carbonyl (C=O) groups is 2. The number of carbonyl (C=O) groups excluding carboxylic acids is 2. The Labute approximate surface area is 121 Å². The summed E-state index contributed by atoms with van der Waals surface area (Å²) in [7, 11) is 0. The third kappa shape index (κ3) is 7.28. The van der Waals surface area contributed by atoms with Crippen LogP contribution in [0, 0.1) is 5.41 Å². The van der Waals surface area contributed by atoms with Crippen LogP contribution in [0.3, 0.4) is 0 Å². The highest BCUT2D eigenvalue weighted by Crippen LogP contribution is 2.30. The Balaban J connectivity index is 4.76. The molecule has 0 aromatic heterocycles. The molecule has 116 valence electrons. The van der Waals surface area contributed by atoms with Gasteiger partial charge in [-0.15, -0.1) is 0 Å². The average molecular weight is 284 g/mol. The van der Waals surface area contributed by atoms with Gasteiger partial charge in [0.2, 0.25) is 11.8 Å². The smallest absolute Gasteiger partial charge is 0.228 e. The summed E-state index contributed by atoms with van der Waals surface area (Å²) < 4.78 is 0. The SMILES string of the molecule is CCCCCCC=CC(CC(N)=O)(CC(C)O)C(N)=O. The summed E-state index contributed by atoms with van der Waals surface area (Å²) in [6.45, 7) is 3.71. The fourth-order valence-corrected chi connectivity index (χ4v) is 2.30. The minimum atomic E-state index is -1.18. The second-order valence-electron chi connectivity index (χ2n) is 5.47. The number of unbranched alkanes of at least 4 members (excludes halogenated alkanes) is 4. The van der Waals surface area contributed by atoms with Crippen molar-refractivity contribution in [2.45, 2.75) is 64.9 Å². The fraction of sp³-hybridized carbons (Fsp3) is 0.733. The molecule has 20 heavy (non-hydrogen) atoms. The first kappa shape index (κ1) is 18.6. The lowest BCUT2D eigenvalue weighted by atomic mass is 9.78. The van der Waals surface area contributed by atoms with Crippen molar-refractivity contribution >= 4 is 11.8 Å². The zero-order valence-electron chi connectivity index (χ0n) is 12.6. The largest absolute Gasteiger partial charge is 0.393 e. The van der Waals surface area contributed by atoms with E-state index in [9.17, 15) is 14.7 Å². The summed E-state index contributed by atoms with van der Waals surface area (Å²) in [6, 6.07) is 0. The molecule has 0 heterocycles. The molecule has 0 aromatic rings. The van der Waals surface area contributed by atoms with Gasteiger partial charge in [0, 0.05) is 6.42 Å². The van der Waals surface area contributed by atoms with Crippen molar-refractivity contribution in [1.29, 1.82) is 0 Å². The number of rotatable bonds is 11. The molecule has 0 aliphatic heterocycles. The first-order valence-electron chi connectivity index (χ1n) is 7.28. The quantitative estimate of drug-likeness (QED) is 0.396. The van der Waals surface area contributed by atoms with Gasteiger partial charge in [-0.2, -0.15) is 0 Å². The molecule has 0 aliphatic carbocycles. The highest BCUT2D eigenvalue weighted by atomic mass is 16.3. The Morgan fingerprint density at radius 1 is 1.25 bits per heavy atom. The lowest BCUT2D eigenvalue weighted by Crippen LogP contribution is -2.41. The van der Waals surface area contributed by atoms with Gasteiger partial charge in [-0.1, -0.05) is 38.3 Å². The number of aliphatic hydroxyl groups excluding tert-OH is 1. The number of aliphatic hydroxyl groups is 1. The molecule has 2 atom stereocenters. The van der Waals surface area contributed by atoms with Gasteiger partial charge in [0.1, 0.15) is 0 Å². The van der Waals surface area contributed by atoms with E-state index in [2.05, 4.69) is 6.92 Å². The van der Waals surface area contributed by atoms with Crippen LogP contribution in [0.15, 0.2) is 12.2 Å². The van der Waals surface area contributed by atoms with E-state index in [0.717, 1.165) is 19.3 Å². The summed E-state index contributed by atoms with van der Waals surface area (Å²) in [5, 5.41) is 9.53.